The van der Waals surface area contributed by atoms with Gasteiger partial charge in [0.15, 0.2) is 0 Å². The van der Waals surface area contributed by atoms with Crippen LogP contribution in [0.2, 0.25) is 0 Å². The number of amides is 2. The summed E-state index contributed by atoms with van der Waals surface area (Å²) < 4.78 is 4.65. The zero-order chi connectivity index (χ0) is 18.4. The summed E-state index contributed by atoms with van der Waals surface area (Å²) in [5.74, 6) is -0.193. The minimum atomic E-state index is -0.416. The Morgan fingerprint density at radius 2 is 1.46 bits per heavy atom. The molecule has 5 heteroatoms. The van der Waals surface area contributed by atoms with Crippen LogP contribution in [-0.2, 0) is 9.53 Å². The first-order chi connectivity index (χ1) is 12.7. The average Bonchev–Trinajstić information content (AvgIpc) is 2.70. The summed E-state index contributed by atoms with van der Waals surface area (Å²) in [6.45, 7) is 1.26. The summed E-state index contributed by atoms with van der Waals surface area (Å²) in [5.41, 5.74) is 2.00. The lowest BCUT2D eigenvalue weighted by Gasteiger charge is -2.34. The van der Waals surface area contributed by atoms with E-state index in [1.807, 2.05) is 65.6 Å². The molecule has 2 aromatic carbocycles. The van der Waals surface area contributed by atoms with Crippen LogP contribution < -0.4 is 5.32 Å². The number of benzene rings is 2. The van der Waals surface area contributed by atoms with Crippen LogP contribution in [0.15, 0.2) is 60.7 Å². The number of likely N-dealkylation sites (tertiary alicyclic amines) is 1. The highest BCUT2D eigenvalue weighted by Gasteiger charge is 2.30. The quantitative estimate of drug-likeness (QED) is 0.919. The zero-order valence-corrected chi connectivity index (χ0v) is 14.9. The van der Waals surface area contributed by atoms with Gasteiger partial charge in [-0.25, -0.2) is 4.79 Å². The number of piperidine rings is 1. The average molecular weight is 352 g/mol. The molecule has 2 amide bonds. The number of nitrogens with zero attached hydrogens (tertiary/aromatic N) is 1. The summed E-state index contributed by atoms with van der Waals surface area (Å²) in [7, 11) is 1.36. The molecule has 136 valence electrons. The molecule has 1 saturated heterocycles. The number of alkyl carbamates (subject to hydrolysis) is 1. The Balaban J connectivity index is 1.74. The molecule has 0 atom stereocenters. The van der Waals surface area contributed by atoms with Crippen molar-refractivity contribution in [3.8, 4) is 0 Å². The fourth-order valence-electron chi connectivity index (χ4n) is 3.42. The molecule has 1 aliphatic rings. The Bertz CT molecular complexity index is 686. The predicted molar refractivity (Wildman–Crippen MR) is 99.9 cm³/mol. The van der Waals surface area contributed by atoms with E-state index in [-0.39, 0.29) is 17.9 Å². The summed E-state index contributed by atoms with van der Waals surface area (Å²) in [5, 5.41) is 2.82. The van der Waals surface area contributed by atoms with E-state index in [4.69, 9.17) is 0 Å². The van der Waals surface area contributed by atoms with E-state index in [2.05, 4.69) is 10.1 Å². The molecule has 3 rings (SSSR count). The van der Waals surface area contributed by atoms with Gasteiger partial charge in [-0.15, -0.1) is 0 Å². The summed E-state index contributed by atoms with van der Waals surface area (Å²) in [4.78, 5) is 26.6. The topological polar surface area (TPSA) is 58.6 Å². The molecular formula is C21H24N2O3. The van der Waals surface area contributed by atoms with Crippen LogP contribution in [0.4, 0.5) is 4.79 Å². The number of methoxy groups -OCH3 is 1. The fourth-order valence-corrected chi connectivity index (χ4v) is 3.42. The zero-order valence-electron chi connectivity index (χ0n) is 14.9. The normalized spacial score (nSPS) is 14.9. The van der Waals surface area contributed by atoms with E-state index in [1.165, 1.54) is 7.11 Å². The SMILES string of the molecule is COC(=O)NC1CCN(C(=O)C(c2ccccc2)c2ccccc2)CC1. The van der Waals surface area contributed by atoms with Crippen LogP contribution in [0, 0.1) is 0 Å². The maximum absolute atomic E-state index is 13.3. The van der Waals surface area contributed by atoms with Gasteiger partial charge in [0.05, 0.1) is 13.0 Å². The van der Waals surface area contributed by atoms with Gasteiger partial charge in [0.2, 0.25) is 5.91 Å². The summed E-state index contributed by atoms with van der Waals surface area (Å²) >= 11 is 0. The number of rotatable bonds is 4. The molecule has 0 radical (unpaired) electrons. The Morgan fingerprint density at radius 1 is 0.962 bits per heavy atom. The lowest BCUT2D eigenvalue weighted by Crippen LogP contribution is -2.47. The maximum Gasteiger partial charge on any atom is 0.407 e. The number of nitrogens with one attached hydrogen (secondary N) is 1. The largest absolute Gasteiger partial charge is 0.453 e. The third-order valence-corrected chi connectivity index (χ3v) is 4.83. The van der Waals surface area contributed by atoms with Crippen LogP contribution in [0.5, 0.6) is 0 Å². The van der Waals surface area contributed by atoms with Crippen molar-refractivity contribution in [3.63, 3.8) is 0 Å². The van der Waals surface area contributed by atoms with E-state index in [0.29, 0.717) is 13.1 Å². The second-order valence-corrected chi connectivity index (χ2v) is 6.49. The first-order valence-electron chi connectivity index (χ1n) is 8.92. The van der Waals surface area contributed by atoms with Crippen LogP contribution in [0.25, 0.3) is 0 Å². The molecule has 1 N–H and O–H groups in total. The predicted octanol–water partition coefficient (Wildman–Crippen LogP) is 3.17. The molecule has 26 heavy (non-hydrogen) atoms. The molecule has 0 unspecified atom stereocenters. The summed E-state index contributed by atoms with van der Waals surface area (Å²) in [6.07, 6.45) is 1.05. The van der Waals surface area contributed by atoms with Gasteiger partial charge in [0, 0.05) is 19.1 Å². The second-order valence-electron chi connectivity index (χ2n) is 6.49. The third kappa shape index (κ3) is 4.23. The maximum atomic E-state index is 13.3. The van der Waals surface area contributed by atoms with Crippen molar-refractivity contribution in [2.75, 3.05) is 20.2 Å². The minimum Gasteiger partial charge on any atom is -0.453 e. The van der Waals surface area contributed by atoms with Gasteiger partial charge in [-0.05, 0) is 24.0 Å². The Hall–Kier alpha value is -2.82. The van der Waals surface area contributed by atoms with E-state index in [1.54, 1.807) is 0 Å². The van der Waals surface area contributed by atoms with Gasteiger partial charge >= 0.3 is 6.09 Å². The van der Waals surface area contributed by atoms with Crippen LogP contribution >= 0.6 is 0 Å². The van der Waals surface area contributed by atoms with Crippen molar-refractivity contribution in [2.45, 2.75) is 24.8 Å². The molecule has 1 aliphatic heterocycles. The van der Waals surface area contributed by atoms with Gasteiger partial charge in [0.25, 0.3) is 0 Å². The monoisotopic (exact) mass is 352 g/mol. The molecule has 0 bridgehead atoms. The summed E-state index contributed by atoms with van der Waals surface area (Å²) in [6, 6.07) is 19.8. The van der Waals surface area contributed by atoms with Crippen LogP contribution in [0.1, 0.15) is 29.9 Å². The van der Waals surface area contributed by atoms with Crippen LogP contribution in [0.3, 0.4) is 0 Å². The van der Waals surface area contributed by atoms with Gasteiger partial charge in [-0.2, -0.15) is 0 Å². The molecule has 0 aliphatic carbocycles. The van der Waals surface area contributed by atoms with Gasteiger partial charge in [0.1, 0.15) is 0 Å². The lowest BCUT2D eigenvalue weighted by atomic mass is 9.89. The van der Waals surface area contributed by atoms with Gasteiger partial charge in [-0.1, -0.05) is 60.7 Å². The highest BCUT2D eigenvalue weighted by Crippen LogP contribution is 2.28. The molecule has 0 spiro atoms. The fraction of sp³-hybridized carbons (Fsp3) is 0.333. The minimum absolute atomic E-state index is 0.0541. The van der Waals surface area contributed by atoms with Crippen molar-refractivity contribution >= 4 is 12.0 Å². The standard InChI is InChI=1S/C21H24N2O3/c1-26-21(25)22-18-12-14-23(15-13-18)20(24)19(16-8-4-2-5-9-16)17-10-6-3-7-11-17/h2-11,18-19H,12-15H2,1H3,(H,22,25). The molecule has 0 aromatic heterocycles. The van der Waals surface area contributed by atoms with Crippen molar-refractivity contribution < 1.29 is 14.3 Å². The first-order valence-corrected chi connectivity index (χ1v) is 8.92. The third-order valence-electron chi connectivity index (χ3n) is 4.83. The highest BCUT2D eigenvalue weighted by atomic mass is 16.5. The number of ether oxygens (including phenoxy) is 1. The molecular weight excluding hydrogens is 328 g/mol. The number of carbonyl (C=O) groups is 2. The Morgan fingerprint density at radius 3 is 1.92 bits per heavy atom. The molecule has 1 fully saturated rings. The highest BCUT2D eigenvalue weighted by molar-refractivity contribution is 5.87. The number of hydrogen-bond donors (Lipinski definition) is 1. The van der Waals surface area contributed by atoms with Crippen molar-refractivity contribution in [1.82, 2.24) is 10.2 Å². The molecule has 0 saturated carbocycles. The van der Waals surface area contributed by atoms with Gasteiger partial charge in [-0.3, -0.25) is 4.79 Å². The smallest absolute Gasteiger partial charge is 0.407 e. The first kappa shape index (κ1) is 18.0. The molecule has 1 heterocycles. The number of hydrogen-bond acceptors (Lipinski definition) is 3. The molecule has 2 aromatic rings. The van der Waals surface area contributed by atoms with E-state index < -0.39 is 6.09 Å². The van der Waals surface area contributed by atoms with E-state index >= 15 is 0 Å². The van der Waals surface area contributed by atoms with Gasteiger partial charge < -0.3 is 15.0 Å². The Kier molecular flexibility index (Phi) is 5.89. The van der Waals surface area contributed by atoms with Crippen LogP contribution in [-0.4, -0.2) is 43.1 Å². The second kappa shape index (κ2) is 8.52. The Labute approximate surface area is 154 Å². The van der Waals surface area contributed by atoms with Crippen molar-refractivity contribution in [3.05, 3.63) is 71.8 Å². The molecule has 5 nitrogen and oxygen atoms in total. The number of carbonyl (C=O) groups excluding carboxylic acids is 2. The lowest BCUT2D eigenvalue weighted by molar-refractivity contribution is -0.132. The van der Waals surface area contributed by atoms with Crippen molar-refractivity contribution in [1.29, 1.82) is 0 Å². The van der Waals surface area contributed by atoms with Crippen molar-refractivity contribution in [2.24, 2.45) is 0 Å². The van der Waals surface area contributed by atoms with E-state index in [9.17, 15) is 9.59 Å². The van der Waals surface area contributed by atoms with E-state index in [0.717, 1.165) is 24.0 Å².